The second kappa shape index (κ2) is 9.87. The highest BCUT2D eigenvalue weighted by atomic mass is 35.5. The van der Waals surface area contributed by atoms with Crippen molar-refractivity contribution in [2.24, 2.45) is 0 Å². The van der Waals surface area contributed by atoms with Crippen LogP contribution in [0.5, 0.6) is 0 Å². The molecule has 0 spiro atoms. The van der Waals surface area contributed by atoms with Gasteiger partial charge in [-0.1, -0.05) is 23.2 Å². The smallest absolute Gasteiger partial charge is 0.345 e. The molecule has 150 valence electrons. The van der Waals surface area contributed by atoms with Gasteiger partial charge in [-0.05, 0) is 42.8 Å². The molecule has 0 aliphatic carbocycles. The number of nitro groups is 1. The first kappa shape index (κ1) is 22.1. The number of nitro benzene ring substituents is 1. The van der Waals surface area contributed by atoms with Gasteiger partial charge in [0.15, 0.2) is 6.61 Å². The predicted octanol–water partition coefficient (Wildman–Crippen LogP) is 4.31. The Morgan fingerprint density at radius 3 is 2.59 bits per heavy atom. The lowest BCUT2D eigenvalue weighted by molar-refractivity contribution is -0.385. The minimum atomic E-state index is -1.06. The summed E-state index contributed by atoms with van der Waals surface area (Å²) in [6.45, 7) is 1.16. The molecule has 10 heteroatoms. The van der Waals surface area contributed by atoms with E-state index in [1.54, 1.807) is 25.1 Å². The lowest BCUT2D eigenvalue weighted by Crippen LogP contribution is -2.35. The van der Waals surface area contributed by atoms with Gasteiger partial charge in [0.2, 0.25) is 0 Å². The average Bonchev–Trinajstić information content (AvgIpc) is 2.68. The number of nitriles is 1. The Morgan fingerprint density at radius 1 is 1.24 bits per heavy atom. The lowest BCUT2D eigenvalue weighted by atomic mass is 10.2. The SMILES string of the molecule is Cc1cc(N(CCC#N)C(=O)COC(=O)c2cc(Cl)ccc2[N+](=O)[O-])ccc1Cl. The number of nitrogens with zero attached hydrogens (tertiary/aromatic N) is 3. The van der Waals surface area contributed by atoms with E-state index in [9.17, 15) is 19.7 Å². The van der Waals surface area contributed by atoms with Gasteiger partial charge in [0.1, 0.15) is 5.56 Å². The highest BCUT2D eigenvalue weighted by molar-refractivity contribution is 6.31. The van der Waals surface area contributed by atoms with Crippen molar-refractivity contribution in [1.82, 2.24) is 0 Å². The van der Waals surface area contributed by atoms with E-state index in [0.717, 1.165) is 17.7 Å². The summed E-state index contributed by atoms with van der Waals surface area (Å²) in [7, 11) is 0. The number of aryl methyl sites for hydroxylation is 1. The van der Waals surface area contributed by atoms with Gasteiger partial charge in [0.05, 0.1) is 17.4 Å². The molecule has 0 heterocycles. The Kier molecular flexibility index (Phi) is 7.53. The molecule has 2 aromatic carbocycles. The largest absolute Gasteiger partial charge is 0.452 e. The van der Waals surface area contributed by atoms with Crippen LogP contribution >= 0.6 is 23.2 Å². The Morgan fingerprint density at radius 2 is 1.97 bits per heavy atom. The Labute approximate surface area is 176 Å². The first-order chi connectivity index (χ1) is 13.7. The lowest BCUT2D eigenvalue weighted by Gasteiger charge is -2.22. The molecule has 0 bridgehead atoms. The summed E-state index contributed by atoms with van der Waals surface area (Å²) in [5, 5.41) is 20.6. The third-order valence-corrected chi connectivity index (χ3v) is 4.56. The highest BCUT2D eigenvalue weighted by Crippen LogP contribution is 2.25. The highest BCUT2D eigenvalue weighted by Gasteiger charge is 2.24. The van der Waals surface area contributed by atoms with Gasteiger partial charge >= 0.3 is 5.97 Å². The zero-order chi connectivity index (χ0) is 21.6. The fourth-order valence-corrected chi connectivity index (χ4v) is 2.76. The van der Waals surface area contributed by atoms with E-state index < -0.39 is 29.1 Å². The van der Waals surface area contributed by atoms with E-state index in [1.807, 2.05) is 6.07 Å². The Hall–Kier alpha value is -3.15. The quantitative estimate of drug-likeness (QED) is 0.363. The van der Waals surface area contributed by atoms with Gasteiger partial charge < -0.3 is 9.64 Å². The summed E-state index contributed by atoms with van der Waals surface area (Å²) in [6, 6.07) is 10.3. The summed E-state index contributed by atoms with van der Waals surface area (Å²) in [5.41, 5.74) is 0.366. The van der Waals surface area contributed by atoms with Crippen LogP contribution in [-0.2, 0) is 9.53 Å². The molecule has 0 aliphatic heterocycles. The topological polar surface area (TPSA) is 114 Å². The Balaban J connectivity index is 2.19. The van der Waals surface area contributed by atoms with Crippen molar-refractivity contribution in [3.63, 3.8) is 0 Å². The number of amides is 1. The van der Waals surface area contributed by atoms with E-state index in [1.165, 1.54) is 11.0 Å². The third kappa shape index (κ3) is 5.67. The van der Waals surface area contributed by atoms with Crippen molar-refractivity contribution in [3.8, 4) is 6.07 Å². The molecule has 0 aliphatic rings. The van der Waals surface area contributed by atoms with Crippen LogP contribution in [0.25, 0.3) is 0 Å². The van der Waals surface area contributed by atoms with Gasteiger partial charge in [-0.2, -0.15) is 5.26 Å². The minimum Gasteiger partial charge on any atom is -0.452 e. The summed E-state index contributed by atoms with van der Waals surface area (Å²) in [6.07, 6.45) is 0.0567. The van der Waals surface area contributed by atoms with E-state index in [4.69, 9.17) is 33.2 Å². The van der Waals surface area contributed by atoms with Gasteiger partial charge in [0, 0.05) is 28.3 Å². The molecule has 0 unspecified atom stereocenters. The molecular weight excluding hydrogens is 421 g/mol. The molecule has 0 fully saturated rings. The molecular formula is C19H15Cl2N3O5. The normalized spacial score (nSPS) is 10.1. The van der Waals surface area contributed by atoms with Crippen LogP contribution < -0.4 is 4.90 Å². The van der Waals surface area contributed by atoms with Crippen molar-refractivity contribution in [3.05, 3.63) is 67.7 Å². The second-order valence-corrected chi connectivity index (χ2v) is 6.73. The van der Waals surface area contributed by atoms with Crippen LogP contribution in [0.15, 0.2) is 36.4 Å². The van der Waals surface area contributed by atoms with Crippen molar-refractivity contribution in [2.75, 3.05) is 18.1 Å². The molecule has 2 rings (SSSR count). The number of anilines is 1. The summed E-state index contributed by atoms with van der Waals surface area (Å²) in [4.78, 5) is 36.5. The van der Waals surface area contributed by atoms with Crippen LogP contribution in [0.2, 0.25) is 10.0 Å². The van der Waals surface area contributed by atoms with Crippen molar-refractivity contribution >= 4 is 46.5 Å². The third-order valence-electron chi connectivity index (χ3n) is 3.90. The molecule has 2 aromatic rings. The standard InChI is InChI=1S/C19H15Cl2N3O5/c1-12-9-14(4-5-16(12)21)23(8-2-7-22)18(25)11-29-19(26)15-10-13(20)3-6-17(15)24(27)28/h3-6,9-10H,2,8,11H2,1H3. The van der Waals surface area contributed by atoms with Crippen LogP contribution in [0.4, 0.5) is 11.4 Å². The summed E-state index contributed by atoms with van der Waals surface area (Å²) in [5.74, 6) is -1.65. The first-order valence-corrected chi connectivity index (χ1v) is 9.04. The zero-order valence-electron chi connectivity index (χ0n) is 15.2. The number of carbonyl (C=O) groups excluding carboxylic acids is 2. The predicted molar refractivity (Wildman–Crippen MR) is 107 cm³/mol. The van der Waals surface area contributed by atoms with Gasteiger partial charge in [-0.15, -0.1) is 0 Å². The van der Waals surface area contributed by atoms with E-state index >= 15 is 0 Å². The fourth-order valence-electron chi connectivity index (χ4n) is 2.47. The molecule has 0 radical (unpaired) electrons. The maximum absolute atomic E-state index is 12.6. The Bertz CT molecular complexity index is 1000. The monoisotopic (exact) mass is 435 g/mol. The van der Waals surface area contributed by atoms with Crippen LogP contribution in [-0.4, -0.2) is 30.0 Å². The number of rotatable bonds is 7. The number of hydrogen-bond acceptors (Lipinski definition) is 6. The number of hydrogen-bond donors (Lipinski definition) is 0. The summed E-state index contributed by atoms with van der Waals surface area (Å²) >= 11 is 11.8. The maximum Gasteiger partial charge on any atom is 0.345 e. The number of esters is 1. The van der Waals surface area contributed by atoms with E-state index in [2.05, 4.69) is 0 Å². The summed E-state index contributed by atoms with van der Waals surface area (Å²) < 4.78 is 4.97. The minimum absolute atomic E-state index is 0.0567. The van der Waals surface area contributed by atoms with Crippen LogP contribution in [0, 0.1) is 28.4 Å². The number of ether oxygens (including phenoxy) is 1. The van der Waals surface area contributed by atoms with Gasteiger partial charge in [-0.25, -0.2) is 4.79 Å². The van der Waals surface area contributed by atoms with E-state index in [-0.39, 0.29) is 23.6 Å². The van der Waals surface area contributed by atoms with Crippen molar-refractivity contribution < 1.29 is 19.2 Å². The molecule has 1 amide bonds. The van der Waals surface area contributed by atoms with Crippen molar-refractivity contribution in [1.29, 1.82) is 5.26 Å². The zero-order valence-corrected chi connectivity index (χ0v) is 16.7. The molecule has 0 saturated heterocycles. The molecule has 0 N–H and O–H groups in total. The molecule has 8 nitrogen and oxygen atoms in total. The number of carbonyl (C=O) groups is 2. The number of benzene rings is 2. The van der Waals surface area contributed by atoms with Gasteiger partial charge in [0.25, 0.3) is 11.6 Å². The fraction of sp³-hybridized carbons (Fsp3) is 0.211. The van der Waals surface area contributed by atoms with Crippen LogP contribution in [0.3, 0.4) is 0 Å². The second-order valence-electron chi connectivity index (χ2n) is 5.88. The van der Waals surface area contributed by atoms with Crippen LogP contribution in [0.1, 0.15) is 22.3 Å². The van der Waals surface area contributed by atoms with Crippen molar-refractivity contribution in [2.45, 2.75) is 13.3 Å². The molecule has 0 saturated carbocycles. The van der Waals surface area contributed by atoms with E-state index in [0.29, 0.717) is 10.7 Å². The maximum atomic E-state index is 12.6. The number of halogens is 2. The molecule has 29 heavy (non-hydrogen) atoms. The molecule has 0 aromatic heterocycles. The average molecular weight is 436 g/mol. The first-order valence-electron chi connectivity index (χ1n) is 8.29. The molecule has 0 atom stereocenters. The van der Waals surface area contributed by atoms with Gasteiger partial charge in [-0.3, -0.25) is 14.9 Å².